The van der Waals surface area contributed by atoms with Gasteiger partial charge in [-0.2, -0.15) is 0 Å². The summed E-state index contributed by atoms with van der Waals surface area (Å²) in [6, 6.07) is 57.6. The molecule has 4 nitrogen and oxygen atoms in total. The van der Waals surface area contributed by atoms with Gasteiger partial charge in [-0.3, -0.25) is 0 Å². The normalized spacial score (nSPS) is 12.0. The van der Waals surface area contributed by atoms with Crippen LogP contribution in [0.2, 0.25) is 0 Å². The molecule has 0 N–H and O–H groups in total. The van der Waals surface area contributed by atoms with Crippen molar-refractivity contribution in [2.24, 2.45) is 0 Å². The highest BCUT2D eigenvalue weighted by Gasteiger charge is 2.23. The fourth-order valence-corrected chi connectivity index (χ4v) is 7.96. The SMILES string of the molecule is c1ccc(-c2cc(-n3c4ccc5cccc6oc7cccc8ccc3c(c87)c4c56)ccc2-c2nc3ccccc3nc2-c2ccccc2)cc1. The van der Waals surface area contributed by atoms with Crippen molar-refractivity contribution in [2.45, 2.75) is 0 Å². The third-order valence-electron chi connectivity index (χ3n) is 10.1. The molecule has 0 unspecified atom stereocenters. The first-order chi connectivity index (χ1) is 24.8. The molecule has 0 aliphatic rings. The van der Waals surface area contributed by atoms with E-state index in [-0.39, 0.29) is 0 Å². The number of benzene rings is 8. The number of hydrogen-bond donors (Lipinski definition) is 0. The van der Waals surface area contributed by atoms with Gasteiger partial charge in [0.15, 0.2) is 0 Å². The molecule has 8 aromatic carbocycles. The van der Waals surface area contributed by atoms with Crippen LogP contribution in [-0.4, -0.2) is 14.5 Å². The average Bonchev–Trinajstić information content (AvgIpc) is 3.44. The Balaban J connectivity index is 1.25. The van der Waals surface area contributed by atoms with Crippen LogP contribution in [0.5, 0.6) is 0 Å². The van der Waals surface area contributed by atoms with Crippen molar-refractivity contribution < 1.29 is 4.42 Å². The minimum absolute atomic E-state index is 0.861. The van der Waals surface area contributed by atoms with E-state index in [2.05, 4.69) is 138 Å². The molecule has 3 aromatic heterocycles. The van der Waals surface area contributed by atoms with Crippen LogP contribution < -0.4 is 0 Å². The Morgan fingerprint density at radius 3 is 1.58 bits per heavy atom. The summed E-state index contributed by atoms with van der Waals surface area (Å²) in [6.45, 7) is 0. The second-order valence-electron chi connectivity index (χ2n) is 12.9. The first-order valence-corrected chi connectivity index (χ1v) is 16.9. The summed E-state index contributed by atoms with van der Waals surface area (Å²) in [5.41, 5.74) is 12.9. The van der Waals surface area contributed by atoms with E-state index < -0.39 is 0 Å². The van der Waals surface area contributed by atoms with Gasteiger partial charge in [-0.25, -0.2) is 9.97 Å². The van der Waals surface area contributed by atoms with Crippen LogP contribution in [0, 0.1) is 0 Å². The summed E-state index contributed by atoms with van der Waals surface area (Å²) in [6.07, 6.45) is 0. The van der Waals surface area contributed by atoms with Gasteiger partial charge in [-0.15, -0.1) is 0 Å². The predicted molar refractivity (Wildman–Crippen MR) is 206 cm³/mol. The molecule has 0 aliphatic carbocycles. The van der Waals surface area contributed by atoms with Crippen LogP contribution in [0.3, 0.4) is 0 Å². The van der Waals surface area contributed by atoms with Crippen molar-refractivity contribution in [2.75, 3.05) is 0 Å². The number of nitrogens with zero attached hydrogens (tertiary/aromatic N) is 3. The Bertz CT molecular complexity index is 2980. The van der Waals surface area contributed by atoms with Crippen molar-refractivity contribution in [3.05, 3.63) is 164 Å². The minimum Gasteiger partial charge on any atom is -0.456 e. The van der Waals surface area contributed by atoms with Gasteiger partial charge in [0.1, 0.15) is 11.2 Å². The molecule has 4 heteroatoms. The van der Waals surface area contributed by atoms with Gasteiger partial charge in [0.25, 0.3) is 0 Å². The van der Waals surface area contributed by atoms with E-state index in [1.54, 1.807) is 0 Å². The quantitative estimate of drug-likeness (QED) is 0.193. The molecule has 0 saturated carbocycles. The van der Waals surface area contributed by atoms with E-state index in [0.717, 1.165) is 83.3 Å². The molecule has 50 heavy (non-hydrogen) atoms. The molecule has 232 valence electrons. The summed E-state index contributed by atoms with van der Waals surface area (Å²) >= 11 is 0. The van der Waals surface area contributed by atoms with Crippen molar-refractivity contribution in [3.8, 4) is 39.3 Å². The van der Waals surface area contributed by atoms with Crippen molar-refractivity contribution in [3.63, 3.8) is 0 Å². The molecule has 0 atom stereocenters. The second kappa shape index (κ2) is 10.4. The van der Waals surface area contributed by atoms with Gasteiger partial charge in [0, 0.05) is 38.4 Å². The Kier molecular flexibility index (Phi) is 5.63. The fraction of sp³-hybridized carbons (Fsp3) is 0. The second-order valence-corrected chi connectivity index (χ2v) is 12.9. The molecule has 0 bridgehead atoms. The van der Waals surface area contributed by atoms with E-state index in [9.17, 15) is 0 Å². The molecule has 11 rings (SSSR count). The average molecular weight is 638 g/mol. The Hall–Kier alpha value is -6.78. The van der Waals surface area contributed by atoms with Gasteiger partial charge in [0.2, 0.25) is 0 Å². The lowest BCUT2D eigenvalue weighted by atomic mass is 9.94. The number of rotatable bonds is 4. The zero-order chi connectivity index (χ0) is 32.8. The van der Waals surface area contributed by atoms with Crippen molar-refractivity contribution in [1.29, 1.82) is 0 Å². The van der Waals surface area contributed by atoms with Crippen LogP contribution >= 0.6 is 0 Å². The van der Waals surface area contributed by atoms with Crippen LogP contribution in [0.1, 0.15) is 0 Å². The highest BCUT2D eigenvalue weighted by Crippen LogP contribution is 2.46. The lowest BCUT2D eigenvalue weighted by Crippen LogP contribution is -1.99. The molecule has 0 spiro atoms. The highest BCUT2D eigenvalue weighted by molar-refractivity contribution is 6.33. The summed E-state index contributed by atoms with van der Waals surface area (Å²) in [4.78, 5) is 10.5. The maximum absolute atomic E-state index is 6.66. The van der Waals surface area contributed by atoms with Gasteiger partial charge < -0.3 is 8.98 Å². The molecule has 0 fully saturated rings. The first-order valence-electron chi connectivity index (χ1n) is 16.9. The first kappa shape index (κ1) is 27.2. The Morgan fingerprint density at radius 2 is 0.960 bits per heavy atom. The summed E-state index contributed by atoms with van der Waals surface area (Å²) in [5.74, 6) is 0. The zero-order valence-corrected chi connectivity index (χ0v) is 26.8. The lowest BCUT2D eigenvalue weighted by molar-refractivity contribution is 0.664. The van der Waals surface area contributed by atoms with Gasteiger partial charge in [-0.05, 0) is 70.4 Å². The molecule has 0 aliphatic heterocycles. The molecule has 3 heterocycles. The molecule has 0 radical (unpaired) electrons. The third-order valence-corrected chi connectivity index (χ3v) is 10.1. The van der Waals surface area contributed by atoms with Gasteiger partial charge >= 0.3 is 0 Å². The Labute approximate surface area is 286 Å². The van der Waals surface area contributed by atoms with Crippen LogP contribution in [0.15, 0.2) is 168 Å². The number of para-hydroxylation sites is 2. The third kappa shape index (κ3) is 3.87. The van der Waals surface area contributed by atoms with Gasteiger partial charge in [0.05, 0.1) is 33.5 Å². The van der Waals surface area contributed by atoms with E-state index in [4.69, 9.17) is 14.4 Å². The maximum Gasteiger partial charge on any atom is 0.135 e. The number of fused-ring (bicyclic) bond motifs is 1. The van der Waals surface area contributed by atoms with Crippen molar-refractivity contribution >= 4 is 65.6 Å². The van der Waals surface area contributed by atoms with Crippen LogP contribution in [-0.2, 0) is 0 Å². The van der Waals surface area contributed by atoms with Crippen molar-refractivity contribution in [1.82, 2.24) is 14.5 Å². The van der Waals surface area contributed by atoms with Crippen LogP contribution in [0.25, 0.3) is 105 Å². The molecular formula is C46H27N3O. The lowest BCUT2D eigenvalue weighted by Gasteiger charge is -2.17. The highest BCUT2D eigenvalue weighted by atomic mass is 16.3. The number of hydrogen-bond acceptors (Lipinski definition) is 3. The van der Waals surface area contributed by atoms with E-state index in [1.807, 2.05) is 30.3 Å². The summed E-state index contributed by atoms with van der Waals surface area (Å²) < 4.78 is 9.08. The number of aromatic nitrogens is 3. The van der Waals surface area contributed by atoms with E-state index >= 15 is 0 Å². The molecule has 0 saturated heterocycles. The van der Waals surface area contributed by atoms with E-state index in [1.165, 1.54) is 21.5 Å². The largest absolute Gasteiger partial charge is 0.456 e. The standard InChI is InChI=1S/C46H27N3O/c1-3-11-28(12-4-1)34-27-32(23-24-33(34)46-45(31-13-5-2-6-14-31)47-35-17-7-8-18-36(35)48-46)49-37-25-21-29-15-9-19-39-41(29)43(37)44-38(49)26-22-30-16-10-20-40(50-39)42(30)44/h1-27H. The molecule has 11 aromatic rings. The fourth-order valence-electron chi connectivity index (χ4n) is 7.96. The van der Waals surface area contributed by atoms with Gasteiger partial charge in [-0.1, -0.05) is 115 Å². The van der Waals surface area contributed by atoms with E-state index in [0.29, 0.717) is 0 Å². The minimum atomic E-state index is 0.861. The summed E-state index contributed by atoms with van der Waals surface area (Å²) in [7, 11) is 0. The van der Waals surface area contributed by atoms with Crippen LogP contribution in [0.4, 0.5) is 0 Å². The Morgan fingerprint density at radius 1 is 0.400 bits per heavy atom. The smallest absolute Gasteiger partial charge is 0.135 e. The monoisotopic (exact) mass is 637 g/mol. The zero-order valence-electron chi connectivity index (χ0n) is 26.8. The predicted octanol–water partition coefficient (Wildman–Crippen LogP) is 12.2. The molecular weight excluding hydrogens is 611 g/mol. The maximum atomic E-state index is 6.66. The summed E-state index contributed by atoms with van der Waals surface area (Å²) in [5, 5.41) is 7.08. The topological polar surface area (TPSA) is 43.9 Å². The molecule has 0 amide bonds.